The third-order valence-electron chi connectivity index (χ3n) is 5.27. The van der Waals surface area contributed by atoms with E-state index in [4.69, 9.17) is 4.99 Å². The molecule has 0 atom stereocenters. The molecule has 1 saturated carbocycles. The van der Waals surface area contributed by atoms with Gasteiger partial charge in [0.1, 0.15) is 0 Å². The quantitative estimate of drug-likeness (QED) is 0.623. The van der Waals surface area contributed by atoms with Gasteiger partial charge >= 0.3 is 0 Å². The average Bonchev–Trinajstić information content (AvgIpc) is 3.13. The van der Waals surface area contributed by atoms with Crippen molar-refractivity contribution in [3.05, 3.63) is 22.4 Å². The van der Waals surface area contributed by atoms with Crippen LogP contribution in [0.5, 0.6) is 0 Å². The Kier molecular flexibility index (Phi) is 6.73. The molecule has 0 radical (unpaired) electrons. The largest absolute Gasteiger partial charge is 0.388 e. The van der Waals surface area contributed by atoms with E-state index in [9.17, 15) is 5.11 Å². The number of hydrogen-bond acceptors (Lipinski definition) is 4. The van der Waals surface area contributed by atoms with Crippen molar-refractivity contribution in [2.24, 2.45) is 4.99 Å². The number of aliphatic hydroxyl groups is 1. The molecule has 2 N–H and O–H groups in total. The second-order valence-corrected chi connectivity index (χ2v) is 8.33. The van der Waals surface area contributed by atoms with Gasteiger partial charge in [-0.05, 0) is 31.2 Å². The van der Waals surface area contributed by atoms with Crippen LogP contribution >= 0.6 is 11.3 Å². The van der Waals surface area contributed by atoms with Crippen molar-refractivity contribution in [1.29, 1.82) is 0 Å². The van der Waals surface area contributed by atoms with Gasteiger partial charge in [0.25, 0.3) is 0 Å². The minimum absolute atomic E-state index is 0.532. The number of hydrogen-bond donors (Lipinski definition) is 2. The predicted molar refractivity (Wildman–Crippen MR) is 105 cm³/mol. The molecular weight excluding hydrogens is 332 g/mol. The molecule has 140 valence electrons. The van der Waals surface area contributed by atoms with Crippen LogP contribution in [0.15, 0.2) is 22.5 Å². The second-order valence-electron chi connectivity index (χ2n) is 7.30. The Hall–Kier alpha value is -1.11. The van der Waals surface area contributed by atoms with Gasteiger partial charge in [-0.2, -0.15) is 0 Å². The van der Waals surface area contributed by atoms with Crippen LogP contribution in [0.4, 0.5) is 0 Å². The molecule has 5 nitrogen and oxygen atoms in total. The second kappa shape index (κ2) is 9.01. The summed E-state index contributed by atoms with van der Waals surface area (Å²) in [6.07, 6.45) is 5.29. The van der Waals surface area contributed by atoms with Crippen molar-refractivity contribution in [3.63, 3.8) is 0 Å². The van der Waals surface area contributed by atoms with E-state index in [0.717, 1.165) is 70.9 Å². The van der Waals surface area contributed by atoms with E-state index < -0.39 is 5.60 Å². The molecule has 1 saturated heterocycles. The summed E-state index contributed by atoms with van der Waals surface area (Å²) in [6.45, 7) is 8.68. The van der Waals surface area contributed by atoms with E-state index in [-0.39, 0.29) is 0 Å². The lowest BCUT2D eigenvalue weighted by atomic mass is 9.85. The number of nitrogens with one attached hydrogen (secondary N) is 1. The van der Waals surface area contributed by atoms with E-state index in [1.165, 1.54) is 11.3 Å². The summed E-state index contributed by atoms with van der Waals surface area (Å²) < 4.78 is 0. The molecule has 0 unspecified atom stereocenters. The lowest BCUT2D eigenvalue weighted by Gasteiger charge is -2.37. The minimum Gasteiger partial charge on any atom is -0.388 e. The van der Waals surface area contributed by atoms with Gasteiger partial charge in [0, 0.05) is 44.1 Å². The lowest BCUT2D eigenvalue weighted by molar-refractivity contribution is 0.0129. The number of thiophene rings is 1. The molecule has 0 amide bonds. The molecule has 6 heteroatoms. The van der Waals surface area contributed by atoms with Gasteiger partial charge in [0.15, 0.2) is 5.96 Å². The van der Waals surface area contributed by atoms with Gasteiger partial charge in [0.2, 0.25) is 0 Å². The maximum Gasteiger partial charge on any atom is 0.194 e. The minimum atomic E-state index is -0.583. The SMILES string of the molecule is CCNC(=NCC1(O)CCCCC1)N1CCN(Cc2cccs2)CC1. The van der Waals surface area contributed by atoms with E-state index in [1.54, 1.807) is 0 Å². The summed E-state index contributed by atoms with van der Waals surface area (Å²) in [5.41, 5.74) is -0.583. The third kappa shape index (κ3) is 5.43. The number of guanidine groups is 1. The van der Waals surface area contributed by atoms with Gasteiger partial charge < -0.3 is 15.3 Å². The molecule has 0 spiro atoms. The van der Waals surface area contributed by atoms with Gasteiger partial charge in [0.05, 0.1) is 12.1 Å². The zero-order valence-electron chi connectivity index (χ0n) is 15.4. The highest BCUT2D eigenvalue weighted by atomic mass is 32.1. The standard InChI is InChI=1S/C19H32N4OS/c1-2-20-18(21-16-19(24)8-4-3-5-9-19)23-12-10-22(11-13-23)15-17-7-6-14-25-17/h6-7,14,24H,2-5,8-13,15-16H2,1H3,(H,20,21). The first-order valence-electron chi connectivity index (χ1n) is 9.69. The maximum atomic E-state index is 10.7. The Morgan fingerprint density at radius 1 is 1.24 bits per heavy atom. The average molecular weight is 365 g/mol. The molecule has 3 rings (SSSR count). The van der Waals surface area contributed by atoms with Crippen molar-refractivity contribution in [2.45, 2.75) is 51.2 Å². The van der Waals surface area contributed by atoms with Gasteiger partial charge in [-0.1, -0.05) is 25.3 Å². The summed E-state index contributed by atoms with van der Waals surface area (Å²) in [5, 5.41) is 16.3. The maximum absolute atomic E-state index is 10.7. The van der Waals surface area contributed by atoms with Crippen LogP contribution in [0.3, 0.4) is 0 Å². The van der Waals surface area contributed by atoms with Crippen molar-refractivity contribution in [2.75, 3.05) is 39.3 Å². The summed E-state index contributed by atoms with van der Waals surface area (Å²) in [7, 11) is 0. The highest BCUT2D eigenvalue weighted by Crippen LogP contribution is 2.28. The van der Waals surface area contributed by atoms with Crippen LogP contribution in [0.25, 0.3) is 0 Å². The van der Waals surface area contributed by atoms with E-state index in [2.05, 4.69) is 39.6 Å². The first-order valence-corrected chi connectivity index (χ1v) is 10.6. The molecule has 0 aromatic carbocycles. The normalized spacial score (nSPS) is 22.2. The van der Waals surface area contributed by atoms with Gasteiger partial charge in [-0.3, -0.25) is 9.89 Å². The highest BCUT2D eigenvalue weighted by molar-refractivity contribution is 7.09. The van der Waals surface area contributed by atoms with Crippen LogP contribution < -0.4 is 5.32 Å². The van der Waals surface area contributed by atoms with Crippen molar-refractivity contribution in [1.82, 2.24) is 15.1 Å². The zero-order chi connectivity index (χ0) is 17.5. The number of rotatable bonds is 5. The molecule has 2 fully saturated rings. The summed E-state index contributed by atoms with van der Waals surface area (Å²) in [4.78, 5) is 11.1. The van der Waals surface area contributed by atoms with Gasteiger partial charge in [-0.15, -0.1) is 11.3 Å². The molecule has 2 aliphatic rings. The molecular formula is C19H32N4OS. The first kappa shape index (κ1) is 18.7. The van der Waals surface area contributed by atoms with Crippen LogP contribution in [-0.2, 0) is 6.54 Å². The fraction of sp³-hybridized carbons (Fsp3) is 0.737. The fourth-order valence-corrected chi connectivity index (χ4v) is 4.50. The Bertz CT molecular complexity index is 532. The van der Waals surface area contributed by atoms with Crippen LogP contribution in [0, 0.1) is 0 Å². The van der Waals surface area contributed by atoms with Crippen molar-refractivity contribution < 1.29 is 5.11 Å². The Morgan fingerprint density at radius 2 is 2.00 bits per heavy atom. The number of piperazine rings is 1. The summed E-state index contributed by atoms with van der Waals surface area (Å²) in [6, 6.07) is 4.34. The first-order chi connectivity index (χ1) is 12.2. The summed E-state index contributed by atoms with van der Waals surface area (Å²) >= 11 is 1.84. The van der Waals surface area contributed by atoms with Crippen LogP contribution in [0.1, 0.15) is 43.9 Å². The van der Waals surface area contributed by atoms with Crippen molar-refractivity contribution >= 4 is 17.3 Å². The number of nitrogens with zero attached hydrogens (tertiary/aromatic N) is 3. The molecule has 25 heavy (non-hydrogen) atoms. The Balaban J connectivity index is 1.53. The molecule has 1 aromatic heterocycles. The predicted octanol–water partition coefficient (Wildman–Crippen LogP) is 2.53. The van der Waals surface area contributed by atoms with E-state index in [1.807, 2.05) is 11.3 Å². The number of aliphatic imine (C=N–C) groups is 1. The van der Waals surface area contributed by atoms with Gasteiger partial charge in [-0.25, -0.2) is 0 Å². The topological polar surface area (TPSA) is 51.1 Å². The van der Waals surface area contributed by atoms with Crippen LogP contribution in [0.2, 0.25) is 0 Å². The zero-order valence-corrected chi connectivity index (χ0v) is 16.2. The molecule has 0 bridgehead atoms. The molecule has 1 aliphatic carbocycles. The third-order valence-corrected chi connectivity index (χ3v) is 6.13. The van der Waals surface area contributed by atoms with Crippen molar-refractivity contribution in [3.8, 4) is 0 Å². The Labute approximate surface area is 155 Å². The Morgan fingerprint density at radius 3 is 2.64 bits per heavy atom. The molecule has 1 aliphatic heterocycles. The van der Waals surface area contributed by atoms with E-state index in [0.29, 0.717) is 6.54 Å². The van der Waals surface area contributed by atoms with Crippen LogP contribution in [-0.4, -0.2) is 65.7 Å². The smallest absolute Gasteiger partial charge is 0.194 e. The molecule has 1 aromatic rings. The highest BCUT2D eigenvalue weighted by Gasteiger charge is 2.29. The monoisotopic (exact) mass is 364 g/mol. The van der Waals surface area contributed by atoms with E-state index >= 15 is 0 Å². The lowest BCUT2D eigenvalue weighted by Crippen LogP contribution is -2.52. The molecule has 2 heterocycles. The summed E-state index contributed by atoms with van der Waals surface area (Å²) in [5.74, 6) is 0.970. The fourth-order valence-electron chi connectivity index (χ4n) is 3.76.